The number of aromatic nitrogens is 1. The van der Waals surface area contributed by atoms with E-state index >= 15 is 0 Å². The third-order valence-electron chi connectivity index (χ3n) is 2.42. The van der Waals surface area contributed by atoms with E-state index < -0.39 is 0 Å². The van der Waals surface area contributed by atoms with Gasteiger partial charge in [0.2, 0.25) is 16.9 Å². The first kappa shape index (κ1) is 15.1. The number of nitrogens with one attached hydrogen (secondary N) is 1. The maximum atomic E-state index is 11.9. The van der Waals surface area contributed by atoms with E-state index in [0.717, 1.165) is 11.3 Å². The molecule has 0 unspecified atom stereocenters. The van der Waals surface area contributed by atoms with E-state index in [0.29, 0.717) is 15.7 Å². The molecule has 0 saturated heterocycles. The topological polar surface area (TPSA) is 86.9 Å². The van der Waals surface area contributed by atoms with Crippen LogP contribution < -0.4 is 5.32 Å². The molecule has 0 aliphatic heterocycles. The summed E-state index contributed by atoms with van der Waals surface area (Å²) in [4.78, 5) is 16.3. The fourth-order valence-electron chi connectivity index (χ4n) is 1.53. The molecule has 0 aliphatic carbocycles. The molecule has 21 heavy (non-hydrogen) atoms. The summed E-state index contributed by atoms with van der Waals surface area (Å²) in [6.07, 6.45) is 0.0512. The zero-order chi connectivity index (χ0) is 15.2. The lowest BCUT2D eigenvalue weighted by Gasteiger charge is -2.03. The number of nitrogens with zero attached hydrogens (tertiary/aromatic N) is 3. The molecule has 0 fully saturated rings. The Bertz CT molecular complexity index is 638. The van der Waals surface area contributed by atoms with Crippen LogP contribution in [0.5, 0.6) is 5.88 Å². The maximum Gasteiger partial charge on any atom is 0.233 e. The largest absolute Gasteiger partial charge is 0.492 e. The molecule has 0 saturated carbocycles. The molecular formula is C14H16N4O2S. The minimum atomic E-state index is -0.215. The maximum absolute atomic E-state index is 11.9. The van der Waals surface area contributed by atoms with Gasteiger partial charge in [-0.3, -0.25) is 4.79 Å². The van der Waals surface area contributed by atoms with Crippen LogP contribution in [0.4, 0.5) is 10.8 Å². The number of carbonyl (C=O) groups excluding carboxylic acids is 1. The Labute approximate surface area is 126 Å². The summed E-state index contributed by atoms with van der Waals surface area (Å²) in [5.74, 6) is -0.381. The number of azo groups is 1. The smallest absolute Gasteiger partial charge is 0.233 e. The molecule has 2 rings (SSSR count). The number of hydrogen-bond acceptors (Lipinski definition) is 6. The third kappa shape index (κ3) is 4.64. The molecule has 2 aromatic rings. The fraction of sp³-hybridized carbons (Fsp3) is 0.286. The first-order valence-corrected chi connectivity index (χ1v) is 7.30. The van der Waals surface area contributed by atoms with Gasteiger partial charge in [-0.15, -0.1) is 5.11 Å². The zero-order valence-corrected chi connectivity index (χ0v) is 12.6. The van der Waals surface area contributed by atoms with E-state index in [1.807, 2.05) is 32.0 Å². The lowest BCUT2D eigenvalue weighted by Crippen LogP contribution is -2.13. The Kier molecular flexibility index (Phi) is 4.99. The van der Waals surface area contributed by atoms with E-state index in [-0.39, 0.29) is 24.2 Å². The van der Waals surface area contributed by atoms with Crippen LogP contribution in [0.1, 0.15) is 18.7 Å². The number of anilines is 1. The molecule has 7 heteroatoms. The van der Waals surface area contributed by atoms with Gasteiger partial charge in [-0.2, -0.15) is 10.1 Å². The van der Waals surface area contributed by atoms with Gasteiger partial charge in [-0.1, -0.05) is 29.5 Å². The van der Waals surface area contributed by atoms with Crippen molar-refractivity contribution in [1.82, 2.24) is 4.98 Å². The van der Waals surface area contributed by atoms with E-state index in [4.69, 9.17) is 0 Å². The SMILES string of the molecule is CC(C)N=Nc1nc(O)c(CC(=O)Nc2ccccc2)s1. The van der Waals surface area contributed by atoms with Crippen LogP contribution in [0.25, 0.3) is 0 Å². The summed E-state index contributed by atoms with van der Waals surface area (Å²) in [5.41, 5.74) is 0.714. The minimum absolute atomic E-state index is 0.0512. The molecule has 110 valence electrons. The number of amides is 1. The number of hydrogen-bond donors (Lipinski definition) is 2. The summed E-state index contributed by atoms with van der Waals surface area (Å²) in [6, 6.07) is 9.20. The van der Waals surface area contributed by atoms with Crippen molar-refractivity contribution in [2.45, 2.75) is 26.3 Å². The molecule has 2 N–H and O–H groups in total. The van der Waals surface area contributed by atoms with Crippen molar-refractivity contribution in [3.63, 3.8) is 0 Å². The number of para-hydroxylation sites is 1. The van der Waals surface area contributed by atoms with Crippen LogP contribution in [0.3, 0.4) is 0 Å². The zero-order valence-electron chi connectivity index (χ0n) is 11.8. The summed E-state index contributed by atoms with van der Waals surface area (Å²) in [6.45, 7) is 3.79. The highest BCUT2D eigenvalue weighted by Gasteiger charge is 2.14. The second-order valence-electron chi connectivity index (χ2n) is 4.64. The van der Waals surface area contributed by atoms with Crippen LogP contribution in [-0.2, 0) is 11.2 Å². The van der Waals surface area contributed by atoms with E-state index in [9.17, 15) is 9.90 Å². The summed E-state index contributed by atoms with van der Waals surface area (Å²) >= 11 is 1.16. The second-order valence-corrected chi connectivity index (χ2v) is 5.71. The molecule has 1 aromatic heterocycles. The van der Waals surface area contributed by atoms with E-state index in [1.54, 1.807) is 12.1 Å². The third-order valence-corrected chi connectivity index (χ3v) is 3.35. The molecular weight excluding hydrogens is 288 g/mol. The number of aromatic hydroxyl groups is 1. The molecule has 0 spiro atoms. The van der Waals surface area contributed by atoms with Crippen molar-refractivity contribution in [1.29, 1.82) is 0 Å². The summed E-state index contributed by atoms with van der Waals surface area (Å²) < 4.78 is 0. The fourth-order valence-corrected chi connectivity index (χ4v) is 2.31. The molecule has 0 atom stereocenters. The highest BCUT2D eigenvalue weighted by Crippen LogP contribution is 2.31. The van der Waals surface area contributed by atoms with E-state index in [1.165, 1.54) is 0 Å². The van der Waals surface area contributed by atoms with Gasteiger partial charge >= 0.3 is 0 Å². The summed E-state index contributed by atoms with van der Waals surface area (Å²) in [5, 5.41) is 20.7. The standard InChI is InChI=1S/C14H16N4O2S/c1-9(2)17-18-14-16-13(20)11(21-14)8-12(19)15-10-6-4-3-5-7-10/h3-7,9,20H,8H2,1-2H3,(H,15,19). The average Bonchev–Trinajstić information content (AvgIpc) is 2.78. The molecule has 0 aliphatic rings. The van der Waals surface area contributed by atoms with Gasteiger partial charge < -0.3 is 10.4 Å². The van der Waals surface area contributed by atoms with Gasteiger partial charge in [-0.05, 0) is 26.0 Å². The van der Waals surface area contributed by atoms with Crippen molar-refractivity contribution in [3.8, 4) is 5.88 Å². The predicted molar refractivity (Wildman–Crippen MR) is 82.2 cm³/mol. The Morgan fingerprint density at radius 2 is 2.10 bits per heavy atom. The lowest BCUT2D eigenvalue weighted by atomic mass is 10.3. The van der Waals surface area contributed by atoms with Gasteiger partial charge in [0.25, 0.3) is 0 Å². The van der Waals surface area contributed by atoms with E-state index in [2.05, 4.69) is 20.5 Å². The van der Waals surface area contributed by atoms with Gasteiger partial charge in [0.1, 0.15) is 0 Å². The van der Waals surface area contributed by atoms with Crippen LogP contribution >= 0.6 is 11.3 Å². The quantitative estimate of drug-likeness (QED) is 0.828. The highest BCUT2D eigenvalue weighted by atomic mass is 32.1. The summed E-state index contributed by atoms with van der Waals surface area (Å²) in [7, 11) is 0. The molecule has 0 radical (unpaired) electrons. The first-order valence-electron chi connectivity index (χ1n) is 6.49. The Morgan fingerprint density at radius 3 is 2.76 bits per heavy atom. The normalized spacial score (nSPS) is 11.2. The number of thiazole rings is 1. The van der Waals surface area contributed by atoms with Crippen LogP contribution in [-0.4, -0.2) is 22.0 Å². The van der Waals surface area contributed by atoms with Gasteiger partial charge in [-0.25, -0.2) is 0 Å². The van der Waals surface area contributed by atoms with Crippen LogP contribution in [0, 0.1) is 0 Å². The Balaban J connectivity index is 2.01. The van der Waals surface area contributed by atoms with Gasteiger partial charge in [0, 0.05) is 5.69 Å². The predicted octanol–water partition coefficient (Wildman–Crippen LogP) is 3.52. The van der Waals surface area contributed by atoms with Crippen molar-refractivity contribution in [2.24, 2.45) is 10.2 Å². The minimum Gasteiger partial charge on any atom is -0.492 e. The van der Waals surface area contributed by atoms with Crippen molar-refractivity contribution in [3.05, 3.63) is 35.2 Å². The second kappa shape index (κ2) is 6.94. The highest BCUT2D eigenvalue weighted by molar-refractivity contribution is 7.15. The molecule has 6 nitrogen and oxygen atoms in total. The van der Waals surface area contributed by atoms with Crippen molar-refractivity contribution in [2.75, 3.05) is 5.32 Å². The van der Waals surface area contributed by atoms with Crippen molar-refractivity contribution < 1.29 is 9.90 Å². The van der Waals surface area contributed by atoms with Gasteiger partial charge in [0.15, 0.2) is 0 Å². The molecule has 1 amide bonds. The monoisotopic (exact) mass is 304 g/mol. The number of benzene rings is 1. The Hall–Kier alpha value is -2.28. The van der Waals surface area contributed by atoms with Crippen LogP contribution in [0.15, 0.2) is 40.6 Å². The average molecular weight is 304 g/mol. The number of rotatable bonds is 5. The molecule has 1 heterocycles. The molecule has 0 bridgehead atoms. The molecule has 1 aromatic carbocycles. The van der Waals surface area contributed by atoms with Gasteiger partial charge in [0.05, 0.1) is 17.3 Å². The first-order chi connectivity index (χ1) is 10.0. The lowest BCUT2D eigenvalue weighted by molar-refractivity contribution is -0.115. The van der Waals surface area contributed by atoms with Crippen molar-refractivity contribution >= 4 is 28.1 Å². The number of carbonyl (C=O) groups is 1. The Morgan fingerprint density at radius 1 is 1.38 bits per heavy atom. The van der Waals surface area contributed by atoms with Crippen LogP contribution in [0.2, 0.25) is 0 Å².